The topological polar surface area (TPSA) is 55.8 Å². The Morgan fingerprint density at radius 2 is 1.94 bits per heavy atom. The van der Waals surface area contributed by atoms with E-state index >= 15 is 0 Å². The van der Waals surface area contributed by atoms with Gasteiger partial charge in [-0.3, -0.25) is 0 Å². The van der Waals surface area contributed by atoms with Crippen molar-refractivity contribution in [1.29, 1.82) is 0 Å². The number of carboxylic acid groups (broad SMARTS) is 1. The van der Waals surface area contributed by atoms with Crippen molar-refractivity contribution >= 4 is 27.4 Å². The summed E-state index contributed by atoms with van der Waals surface area (Å²) in [5.74, 6) is 0.529. The van der Waals surface area contributed by atoms with Crippen LogP contribution in [0, 0.1) is 6.92 Å². The van der Waals surface area contributed by atoms with Crippen LogP contribution in [0.1, 0.15) is 21.7 Å². The smallest absolute Gasteiger partial charge is 0.346 e. The minimum atomic E-state index is -0.884. The average molecular weight is 264 g/mol. The van der Waals surface area contributed by atoms with E-state index in [-0.39, 0.29) is 0 Å². The Bertz CT molecular complexity index is 629. The van der Waals surface area contributed by atoms with Crippen LogP contribution in [0.25, 0.3) is 10.1 Å². The molecule has 1 aliphatic heterocycles. The van der Waals surface area contributed by atoms with Crippen LogP contribution in [0.15, 0.2) is 12.1 Å². The molecule has 0 saturated carbocycles. The third-order valence-corrected chi connectivity index (χ3v) is 4.24. The van der Waals surface area contributed by atoms with Gasteiger partial charge in [0, 0.05) is 22.6 Å². The second kappa shape index (κ2) is 4.17. The molecule has 1 N–H and O–H groups in total. The molecule has 0 amide bonds. The number of fused-ring (bicyclic) bond motifs is 2. The number of aromatic carboxylic acids is 1. The van der Waals surface area contributed by atoms with Crippen LogP contribution in [0.3, 0.4) is 0 Å². The lowest BCUT2D eigenvalue weighted by Crippen LogP contribution is -1.97. The van der Waals surface area contributed by atoms with Gasteiger partial charge in [0.2, 0.25) is 0 Å². The highest BCUT2D eigenvalue weighted by atomic mass is 32.1. The molecule has 0 fully saturated rings. The molecular weight excluding hydrogens is 252 g/mol. The van der Waals surface area contributed by atoms with E-state index in [1.165, 1.54) is 11.3 Å². The third-order valence-electron chi connectivity index (χ3n) is 3.00. The standard InChI is InChI=1S/C13H12O4S/c1-7-8-5-9-10(17-4-2-3-16-9)6-11(8)18-12(7)13(14)15/h5-6H,2-4H2,1H3,(H,14,15). The zero-order valence-electron chi connectivity index (χ0n) is 9.86. The van der Waals surface area contributed by atoms with E-state index in [0.29, 0.717) is 29.6 Å². The predicted molar refractivity (Wildman–Crippen MR) is 69.1 cm³/mol. The fourth-order valence-corrected chi connectivity index (χ4v) is 3.14. The van der Waals surface area contributed by atoms with Gasteiger partial charge in [0.25, 0.3) is 0 Å². The highest BCUT2D eigenvalue weighted by molar-refractivity contribution is 7.21. The lowest BCUT2D eigenvalue weighted by atomic mass is 10.1. The molecule has 3 rings (SSSR count). The molecule has 1 aromatic carbocycles. The highest BCUT2D eigenvalue weighted by Crippen LogP contribution is 2.40. The van der Waals surface area contributed by atoms with Crippen molar-refractivity contribution in [3.8, 4) is 11.5 Å². The van der Waals surface area contributed by atoms with Gasteiger partial charge >= 0.3 is 5.97 Å². The molecule has 0 spiro atoms. The number of hydrogen-bond acceptors (Lipinski definition) is 4. The third kappa shape index (κ3) is 1.71. The minimum absolute atomic E-state index is 0.380. The van der Waals surface area contributed by atoms with Gasteiger partial charge in [0.1, 0.15) is 4.88 Å². The Kier molecular flexibility index (Phi) is 2.63. The van der Waals surface area contributed by atoms with E-state index in [0.717, 1.165) is 22.1 Å². The number of carboxylic acids is 1. The van der Waals surface area contributed by atoms with Gasteiger partial charge in [0.05, 0.1) is 13.2 Å². The molecular formula is C13H12O4S. The second-order valence-corrected chi connectivity index (χ2v) is 5.26. The molecule has 0 radical (unpaired) electrons. The Balaban J connectivity index is 2.22. The second-order valence-electron chi connectivity index (χ2n) is 4.21. The van der Waals surface area contributed by atoms with Crippen molar-refractivity contribution in [2.75, 3.05) is 13.2 Å². The van der Waals surface area contributed by atoms with Crippen molar-refractivity contribution in [2.24, 2.45) is 0 Å². The molecule has 1 aromatic heterocycles. The maximum absolute atomic E-state index is 11.1. The molecule has 0 bridgehead atoms. The summed E-state index contributed by atoms with van der Waals surface area (Å²) in [4.78, 5) is 11.5. The van der Waals surface area contributed by atoms with Crippen molar-refractivity contribution in [3.63, 3.8) is 0 Å². The Morgan fingerprint density at radius 1 is 1.28 bits per heavy atom. The summed E-state index contributed by atoms with van der Waals surface area (Å²) in [7, 11) is 0. The monoisotopic (exact) mass is 264 g/mol. The summed E-state index contributed by atoms with van der Waals surface area (Å²) in [6, 6.07) is 3.76. The number of thiophene rings is 1. The van der Waals surface area contributed by atoms with Gasteiger partial charge in [-0.2, -0.15) is 0 Å². The first-order valence-corrected chi connectivity index (χ1v) is 6.54. The van der Waals surface area contributed by atoms with E-state index < -0.39 is 5.97 Å². The number of rotatable bonds is 1. The summed E-state index contributed by atoms with van der Waals surface area (Å²) >= 11 is 1.28. The zero-order chi connectivity index (χ0) is 12.7. The van der Waals surface area contributed by atoms with Crippen molar-refractivity contribution in [3.05, 3.63) is 22.6 Å². The van der Waals surface area contributed by atoms with Crippen LogP contribution >= 0.6 is 11.3 Å². The molecule has 0 atom stereocenters. The number of benzene rings is 1. The van der Waals surface area contributed by atoms with Gasteiger partial charge in [-0.25, -0.2) is 4.79 Å². The number of aryl methyl sites for hydroxylation is 1. The van der Waals surface area contributed by atoms with Crippen molar-refractivity contribution in [2.45, 2.75) is 13.3 Å². The van der Waals surface area contributed by atoms with Gasteiger partial charge in [-0.1, -0.05) is 0 Å². The van der Waals surface area contributed by atoms with Crippen LogP contribution in [0.5, 0.6) is 11.5 Å². The normalized spacial score (nSPS) is 14.5. The maximum Gasteiger partial charge on any atom is 0.346 e. The summed E-state index contributed by atoms with van der Waals surface area (Å²) in [5.41, 5.74) is 0.790. The van der Waals surface area contributed by atoms with Crippen LogP contribution in [-0.2, 0) is 0 Å². The van der Waals surface area contributed by atoms with E-state index in [1.54, 1.807) is 0 Å². The summed E-state index contributed by atoms with van der Waals surface area (Å²) < 4.78 is 12.1. The molecule has 2 heterocycles. The zero-order valence-corrected chi connectivity index (χ0v) is 10.7. The molecule has 1 aliphatic rings. The summed E-state index contributed by atoms with van der Waals surface area (Å²) in [6.45, 7) is 3.09. The van der Waals surface area contributed by atoms with Crippen molar-refractivity contribution < 1.29 is 19.4 Å². The molecule has 5 heteroatoms. The number of ether oxygens (including phenoxy) is 2. The average Bonchev–Trinajstić information content (AvgIpc) is 2.53. The van der Waals surface area contributed by atoms with E-state index in [1.807, 2.05) is 19.1 Å². The summed E-state index contributed by atoms with van der Waals surface area (Å²) in [5, 5.41) is 10.1. The van der Waals surface area contributed by atoms with Gasteiger partial charge in [-0.05, 0) is 18.6 Å². The van der Waals surface area contributed by atoms with E-state index in [4.69, 9.17) is 14.6 Å². The van der Waals surface area contributed by atoms with Crippen LogP contribution in [-0.4, -0.2) is 24.3 Å². The van der Waals surface area contributed by atoms with Gasteiger partial charge < -0.3 is 14.6 Å². The van der Waals surface area contributed by atoms with Gasteiger partial charge in [0.15, 0.2) is 11.5 Å². The molecule has 18 heavy (non-hydrogen) atoms. The largest absolute Gasteiger partial charge is 0.490 e. The SMILES string of the molecule is Cc1c(C(=O)O)sc2cc3c(cc12)OCCCO3. The highest BCUT2D eigenvalue weighted by Gasteiger charge is 2.18. The first kappa shape index (κ1) is 11.3. The molecule has 0 aliphatic carbocycles. The Morgan fingerprint density at radius 3 is 2.61 bits per heavy atom. The number of carbonyl (C=O) groups is 1. The molecule has 0 saturated heterocycles. The van der Waals surface area contributed by atoms with E-state index in [9.17, 15) is 4.79 Å². The van der Waals surface area contributed by atoms with Crippen molar-refractivity contribution in [1.82, 2.24) is 0 Å². The fourth-order valence-electron chi connectivity index (χ4n) is 2.08. The fraction of sp³-hybridized carbons (Fsp3) is 0.308. The first-order chi connectivity index (χ1) is 8.66. The quantitative estimate of drug-likeness (QED) is 0.860. The maximum atomic E-state index is 11.1. The molecule has 4 nitrogen and oxygen atoms in total. The summed E-state index contributed by atoms with van der Waals surface area (Å²) in [6.07, 6.45) is 0.863. The molecule has 2 aromatic rings. The minimum Gasteiger partial charge on any atom is -0.490 e. The van der Waals surface area contributed by atoms with E-state index in [2.05, 4.69) is 0 Å². The lowest BCUT2D eigenvalue weighted by Gasteiger charge is -2.07. The predicted octanol–water partition coefficient (Wildman–Crippen LogP) is 3.07. The Labute approximate surface area is 108 Å². The number of hydrogen-bond donors (Lipinski definition) is 1. The molecule has 94 valence electrons. The van der Waals surface area contributed by atoms with Crippen LogP contribution in [0.2, 0.25) is 0 Å². The first-order valence-electron chi connectivity index (χ1n) is 5.73. The van der Waals surface area contributed by atoms with Gasteiger partial charge in [-0.15, -0.1) is 11.3 Å². The Hall–Kier alpha value is -1.75. The molecule has 0 unspecified atom stereocenters. The lowest BCUT2D eigenvalue weighted by molar-refractivity contribution is 0.0701. The van der Waals surface area contributed by atoms with Crippen LogP contribution in [0.4, 0.5) is 0 Å². The van der Waals surface area contributed by atoms with Crippen LogP contribution < -0.4 is 9.47 Å².